The van der Waals surface area contributed by atoms with Crippen molar-refractivity contribution < 1.29 is 27.5 Å². The molecule has 0 fully saturated rings. The van der Waals surface area contributed by atoms with Gasteiger partial charge in [-0.1, -0.05) is 90.4 Å². The Morgan fingerprint density at radius 2 is 1.45 bits per heavy atom. The van der Waals surface area contributed by atoms with Crippen LogP contribution in [0, 0.1) is 5.92 Å². The predicted molar refractivity (Wildman–Crippen MR) is 187 cm³/mol. The van der Waals surface area contributed by atoms with Crippen LogP contribution < -0.4 is 19.1 Å². The van der Waals surface area contributed by atoms with Crippen molar-refractivity contribution in [3.63, 3.8) is 0 Å². The molecule has 1 N–H and O–H groups in total. The van der Waals surface area contributed by atoms with Crippen LogP contribution in [-0.2, 0) is 32.6 Å². The highest BCUT2D eigenvalue weighted by Crippen LogP contribution is 2.34. The molecule has 0 aliphatic heterocycles. The predicted octanol–water partition coefficient (Wildman–Crippen LogP) is 6.07. The maximum atomic E-state index is 14.6. The summed E-state index contributed by atoms with van der Waals surface area (Å²) in [6, 6.07) is 28.6. The summed E-state index contributed by atoms with van der Waals surface area (Å²) in [5.74, 6) is 0.00359. The van der Waals surface area contributed by atoms with Crippen molar-refractivity contribution in [1.29, 1.82) is 0 Å². The second kappa shape index (κ2) is 16.5. The van der Waals surface area contributed by atoms with E-state index in [4.69, 9.17) is 9.47 Å². The van der Waals surface area contributed by atoms with E-state index in [1.54, 1.807) is 30.3 Å². The topological polar surface area (TPSA) is 105 Å². The van der Waals surface area contributed by atoms with E-state index in [0.29, 0.717) is 18.0 Å². The van der Waals surface area contributed by atoms with E-state index < -0.39 is 28.5 Å². The molecule has 0 radical (unpaired) electrons. The molecule has 2 amide bonds. The van der Waals surface area contributed by atoms with Crippen LogP contribution in [0.1, 0.15) is 25.0 Å². The molecule has 0 aliphatic rings. The SMILES string of the molecule is COc1ccc(N(CC(=O)N(Cc2cccc(Br)c2)[C@H](Cc2ccccc2)C(=O)NCC(C)C)S(=O)(=O)c2ccccc2)cc1OC. The van der Waals surface area contributed by atoms with Gasteiger partial charge in [-0.25, -0.2) is 8.42 Å². The Hall–Kier alpha value is -4.35. The third-order valence-corrected chi connectivity index (χ3v) is 9.74. The Labute approximate surface area is 285 Å². The molecule has 9 nitrogen and oxygen atoms in total. The molecule has 4 rings (SSSR count). The maximum absolute atomic E-state index is 14.6. The zero-order valence-corrected chi connectivity index (χ0v) is 29.3. The zero-order valence-electron chi connectivity index (χ0n) is 26.9. The fourth-order valence-corrected chi connectivity index (χ4v) is 6.91. The molecule has 4 aromatic carbocycles. The van der Waals surface area contributed by atoms with E-state index in [9.17, 15) is 18.0 Å². The highest BCUT2D eigenvalue weighted by Gasteiger charge is 2.35. The van der Waals surface area contributed by atoms with E-state index in [2.05, 4.69) is 21.2 Å². The molecule has 0 unspecified atom stereocenters. The molecule has 47 heavy (non-hydrogen) atoms. The monoisotopic (exact) mass is 721 g/mol. The lowest BCUT2D eigenvalue weighted by Crippen LogP contribution is -2.53. The lowest BCUT2D eigenvalue weighted by atomic mass is 10.0. The lowest BCUT2D eigenvalue weighted by Gasteiger charge is -2.34. The smallest absolute Gasteiger partial charge is 0.264 e. The Morgan fingerprint density at radius 3 is 2.06 bits per heavy atom. The molecule has 248 valence electrons. The quantitative estimate of drug-likeness (QED) is 0.160. The molecule has 0 bridgehead atoms. The van der Waals surface area contributed by atoms with E-state index >= 15 is 0 Å². The molecule has 0 saturated carbocycles. The largest absolute Gasteiger partial charge is 0.493 e. The molecule has 0 spiro atoms. The van der Waals surface area contributed by atoms with E-state index in [-0.39, 0.29) is 35.4 Å². The average molecular weight is 723 g/mol. The second-order valence-corrected chi connectivity index (χ2v) is 14.1. The number of carbonyl (C=O) groups is 2. The minimum absolute atomic E-state index is 0.0108. The van der Waals surface area contributed by atoms with E-state index in [0.717, 1.165) is 19.9 Å². The Bertz CT molecular complexity index is 1750. The molecule has 4 aromatic rings. The Kier molecular flexibility index (Phi) is 12.4. The number of anilines is 1. The van der Waals surface area contributed by atoms with Crippen LogP contribution in [0.3, 0.4) is 0 Å². The number of halogens is 1. The number of sulfonamides is 1. The van der Waals surface area contributed by atoms with Gasteiger partial charge in [0.25, 0.3) is 10.0 Å². The first-order valence-electron chi connectivity index (χ1n) is 15.2. The van der Waals surface area contributed by atoms with Gasteiger partial charge in [0, 0.05) is 30.0 Å². The molecule has 11 heteroatoms. The molecule has 1 atom stereocenters. The number of ether oxygens (including phenoxy) is 2. The number of methoxy groups -OCH3 is 2. The summed E-state index contributed by atoms with van der Waals surface area (Å²) >= 11 is 3.51. The van der Waals surface area contributed by atoms with Crippen molar-refractivity contribution >= 4 is 43.5 Å². The number of hydrogen-bond acceptors (Lipinski definition) is 6. The molecule has 0 saturated heterocycles. The summed E-state index contributed by atoms with van der Waals surface area (Å²) in [4.78, 5) is 30.0. The Balaban J connectivity index is 1.83. The summed E-state index contributed by atoms with van der Waals surface area (Å²) in [7, 11) is -1.32. The van der Waals surface area contributed by atoms with E-state index in [1.165, 1.54) is 37.3 Å². The summed E-state index contributed by atoms with van der Waals surface area (Å²) < 4.78 is 41.1. The second-order valence-electron chi connectivity index (χ2n) is 11.4. The van der Waals surface area contributed by atoms with Gasteiger partial charge < -0.3 is 19.7 Å². The Morgan fingerprint density at radius 1 is 0.809 bits per heavy atom. The zero-order chi connectivity index (χ0) is 34.0. The summed E-state index contributed by atoms with van der Waals surface area (Å²) in [5, 5.41) is 3.00. The highest BCUT2D eigenvalue weighted by atomic mass is 79.9. The third-order valence-electron chi connectivity index (χ3n) is 7.46. The number of hydrogen-bond donors (Lipinski definition) is 1. The van der Waals surface area contributed by atoms with Crippen molar-refractivity contribution in [1.82, 2.24) is 10.2 Å². The number of carbonyl (C=O) groups excluding carboxylic acids is 2. The number of rotatable bonds is 15. The van der Waals surface area contributed by atoms with Crippen LogP contribution in [0.2, 0.25) is 0 Å². The van der Waals surface area contributed by atoms with Crippen molar-refractivity contribution in [3.8, 4) is 11.5 Å². The number of amides is 2. The van der Waals surface area contributed by atoms with Gasteiger partial charge in [0.15, 0.2) is 11.5 Å². The normalized spacial score (nSPS) is 11.9. The van der Waals surface area contributed by atoms with Gasteiger partial charge in [0.05, 0.1) is 24.8 Å². The molecule has 0 aromatic heterocycles. The van der Waals surface area contributed by atoms with Gasteiger partial charge in [-0.3, -0.25) is 13.9 Å². The lowest BCUT2D eigenvalue weighted by molar-refractivity contribution is -0.140. The molecular weight excluding hydrogens is 682 g/mol. The van der Waals surface area contributed by atoms with Gasteiger partial charge in [-0.15, -0.1) is 0 Å². The van der Waals surface area contributed by atoms with E-state index in [1.807, 2.05) is 68.4 Å². The number of nitrogens with zero attached hydrogens (tertiary/aromatic N) is 2. The standard InChI is InChI=1S/C36H40BrN3O6S/c1-26(2)23-38-36(42)32(21-27-12-7-5-8-13-27)39(24-28-14-11-15-29(37)20-28)35(41)25-40(47(43,44)31-16-9-6-10-17-31)30-18-19-33(45-3)34(22-30)46-4/h5-20,22,26,32H,21,23-25H2,1-4H3,(H,38,42)/t32-/m1/s1. The van der Waals surface area contributed by atoms with Crippen LogP contribution in [0.5, 0.6) is 11.5 Å². The first-order chi connectivity index (χ1) is 22.5. The molecule has 0 heterocycles. The van der Waals surface area contributed by atoms with Crippen LogP contribution >= 0.6 is 15.9 Å². The van der Waals surface area contributed by atoms with Crippen molar-refractivity contribution in [2.45, 2.75) is 37.8 Å². The highest BCUT2D eigenvalue weighted by molar-refractivity contribution is 9.10. The minimum atomic E-state index is -4.25. The maximum Gasteiger partial charge on any atom is 0.264 e. The number of nitrogens with one attached hydrogen (secondary N) is 1. The van der Waals surface area contributed by atoms with Crippen LogP contribution in [-0.4, -0.2) is 58.5 Å². The summed E-state index contributed by atoms with van der Waals surface area (Å²) in [6.07, 6.45) is 0.228. The average Bonchev–Trinajstić information content (AvgIpc) is 3.08. The van der Waals surface area contributed by atoms with Gasteiger partial charge in [0.2, 0.25) is 11.8 Å². The first kappa shape index (κ1) is 35.5. The summed E-state index contributed by atoms with van der Waals surface area (Å²) in [6.45, 7) is 3.89. The van der Waals surface area contributed by atoms with Crippen molar-refractivity contribution in [3.05, 3.63) is 119 Å². The third kappa shape index (κ3) is 9.36. The fourth-order valence-electron chi connectivity index (χ4n) is 5.04. The molecule has 0 aliphatic carbocycles. The van der Waals surface area contributed by atoms with Crippen LogP contribution in [0.4, 0.5) is 5.69 Å². The van der Waals surface area contributed by atoms with Crippen molar-refractivity contribution in [2.24, 2.45) is 5.92 Å². The molecular formula is C36H40BrN3O6S. The van der Waals surface area contributed by atoms with Crippen LogP contribution in [0.15, 0.2) is 112 Å². The van der Waals surface area contributed by atoms with Gasteiger partial charge in [0.1, 0.15) is 12.6 Å². The minimum Gasteiger partial charge on any atom is -0.493 e. The summed E-state index contributed by atoms with van der Waals surface area (Å²) in [5.41, 5.74) is 1.83. The first-order valence-corrected chi connectivity index (χ1v) is 17.4. The fraction of sp³-hybridized carbons (Fsp3) is 0.278. The van der Waals surface area contributed by atoms with Crippen molar-refractivity contribution in [2.75, 3.05) is 31.6 Å². The van der Waals surface area contributed by atoms with Gasteiger partial charge in [-0.05, 0) is 53.4 Å². The van der Waals surface area contributed by atoms with Crippen LogP contribution in [0.25, 0.3) is 0 Å². The number of benzene rings is 4. The van der Waals surface area contributed by atoms with Gasteiger partial charge in [-0.2, -0.15) is 0 Å². The van der Waals surface area contributed by atoms with Gasteiger partial charge >= 0.3 is 0 Å².